The van der Waals surface area contributed by atoms with Gasteiger partial charge in [0.1, 0.15) is 6.04 Å². The largest absolute Gasteiger partial charge is 0.408 e. The summed E-state index contributed by atoms with van der Waals surface area (Å²) in [6.45, 7) is 0.192. The Morgan fingerprint density at radius 3 is 2.82 bits per heavy atom. The van der Waals surface area contributed by atoms with Crippen LogP contribution in [0.5, 0.6) is 0 Å². The summed E-state index contributed by atoms with van der Waals surface area (Å²) in [6.07, 6.45) is -1.26. The number of aromatic amines is 1. The summed E-state index contributed by atoms with van der Waals surface area (Å²) in [5.74, 6) is -1.59. The Balaban J connectivity index is 1.72. The number of aromatic nitrogens is 2. The fourth-order valence-corrected chi connectivity index (χ4v) is 3.12. The van der Waals surface area contributed by atoms with Gasteiger partial charge in [0.15, 0.2) is 0 Å². The number of rotatable bonds is 2. The van der Waals surface area contributed by atoms with E-state index in [1.165, 1.54) is 17.3 Å². The molecule has 0 aliphatic carbocycles. The SMILES string of the molecule is O=C1CC(C(=O)N2CCC[C@H]2C(F)(F)F)CN1c1cn[nH]c1. The van der Waals surface area contributed by atoms with Crippen LogP contribution in [0.3, 0.4) is 0 Å². The lowest BCUT2D eigenvalue weighted by Crippen LogP contribution is -2.47. The molecule has 1 unspecified atom stereocenters. The monoisotopic (exact) mass is 316 g/mol. The molecular weight excluding hydrogens is 301 g/mol. The van der Waals surface area contributed by atoms with E-state index in [0.29, 0.717) is 12.1 Å². The van der Waals surface area contributed by atoms with Crippen LogP contribution in [0.15, 0.2) is 12.4 Å². The molecule has 2 aliphatic heterocycles. The molecule has 2 fully saturated rings. The normalized spacial score (nSPS) is 26.0. The number of carbonyl (C=O) groups excluding carboxylic acids is 2. The van der Waals surface area contributed by atoms with Crippen molar-refractivity contribution in [2.24, 2.45) is 5.92 Å². The van der Waals surface area contributed by atoms with Crippen molar-refractivity contribution >= 4 is 17.5 Å². The van der Waals surface area contributed by atoms with Gasteiger partial charge in [-0.3, -0.25) is 14.7 Å². The summed E-state index contributed by atoms with van der Waals surface area (Å²) in [4.78, 5) is 26.6. The molecule has 9 heteroatoms. The summed E-state index contributed by atoms with van der Waals surface area (Å²) in [5, 5.41) is 6.30. The average molecular weight is 316 g/mol. The molecule has 3 rings (SSSR count). The molecule has 120 valence electrons. The lowest BCUT2D eigenvalue weighted by Gasteiger charge is -2.28. The Labute approximate surface area is 124 Å². The first-order chi connectivity index (χ1) is 10.4. The third-order valence-corrected chi connectivity index (χ3v) is 4.18. The van der Waals surface area contributed by atoms with Crippen LogP contribution in [0, 0.1) is 5.92 Å². The third kappa shape index (κ3) is 2.55. The predicted octanol–water partition coefficient (Wildman–Crippen LogP) is 1.32. The van der Waals surface area contributed by atoms with Crippen LogP contribution in [0.1, 0.15) is 19.3 Å². The zero-order valence-electron chi connectivity index (χ0n) is 11.6. The molecule has 22 heavy (non-hydrogen) atoms. The summed E-state index contributed by atoms with van der Waals surface area (Å²) in [7, 11) is 0. The lowest BCUT2D eigenvalue weighted by atomic mass is 10.1. The first-order valence-electron chi connectivity index (χ1n) is 7.04. The second-order valence-electron chi connectivity index (χ2n) is 5.59. The maximum Gasteiger partial charge on any atom is 0.408 e. The molecule has 0 bridgehead atoms. The lowest BCUT2D eigenvalue weighted by molar-refractivity contribution is -0.184. The molecule has 2 amide bonds. The van der Waals surface area contributed by atoms with Gasteiger partial charge in [0.2, 0.25) is 11.8 Å². The third-order valence-electron chi connectivity index (χ3n) is 4.18. The minimum absolute atomic E-state index is 0.0644. The van der Waals surface area contributed by atoms with Crippen molar-refractivity contribution in [3.8, 4) is 0 Å². The molecule has 0 radical (unpaired) electrons. The number of hydrogen-bond acceptors (Lipinski definition) is 3. The summed E-state index contributed by atoms with van der Waals surface area (Å²) >= 11 is 0. The number of H-pyrrole nitrogens is 1. The molecule has 1 aromatic rings. The predicted molar refractivity (Wildman–Crippen MR) is 69.8 cm³/mol. The standard InChI is InChI=1S/C13H15F3N4O2/c14-13(15,16)10-2-1-3-19(10)12(22)8-4-11(21)20(7-8)9-5-17-18-6-9/h5-6,8,10H,1-4,7H2,(H,17,18)/t8?,10-/m0/s1. The van der Waals surface area contributed by atoms with Crippen molar-refractivity contribution in [3.63, 3.8) is 0 Å². The molecule has 3 heterocycles. The minimum Gasteiger partial charge on any atom is -0.330 e. The topological polar surface area (TPSA) is 69.3 Å². The first-order valence-corrected chi connectivity index (χ1v) is 7.04. The van der Waals surface area contributed by atoms with Gasteiger partial charge in [0.05, 0.1) is 17.8 Å². The van der Waals surface area contributed by atoms with Crippen LogP contribution < -0.4 is 4.90 Å². The second-order valence-corrected chi connectivity index (χ2v) is 5.59. The van der Waals surface area contributed by atoms with E-state index < -0.39 is 24.0 Å². The molecule has 1 N–H and O–H groups in total. The summed E-state index contributed by atoms with van der Waals surface area (Å²) < 4.78 is 38.9. The number of nitrogens with one attached hydrogen (secondary N) is 1. The fourth-order valence-electron chi connectivity index (χ4n) is 3.12. The van der Waals surface area contributed by atoms with Crippen LogP contribution in [0.25, 0.3) is 0 Å². The average Bonchev–Trinajstić information content (AvgIpc) is 3.16. The smallest absolute Gasteiger partial charge is 0.330 e. The molecule has 0 spiro atoms. The van der Waals surface area contributed by atoms with E-state index in [9.17, 15) is 22.8 Å². The van der Waals surface area contributed by atoms with E-state index in [2.05, 4.69) is 10.2 Å². The van der Waals surface area contributed by atoms with Crippen molar-refractivity contribution in [2.75, 3.05) is 18.0 Å². The highest BCUT2D eigenvalue weighted by atomic mass is 19.4. The van der Waals surface area contributed by atoms with Crippen molar-refractivity contribution in [1.82, 2.24) is 15.1 Å². The van der Waals surface area contributed by atoms with E-state index >= 15 is 0 Å². The van der Waals surface area contributed by atoms with Crippen LogP contribution in [-0.2, 0) is 9.59 Å². The maximum atomic E-state index is 13.0. The van der Waals surface area contributed by atoms with Gasteiger partial charge in [-0.2, -0.15) is 18.3 Å². The first kappa shape index (κ1) is 14.9. The molecule has 2 aliphatic rings. The number of amides is 2. The summed E-state index contributed by atoms with van der Waals surface area (Å²) in [5.41, 5.74) is 0.522. The summed E-state index contributed by atoms with van der Waals surface area (Å²) in [6, 6.07) is -1.72. The Bertz CT molecular complexity index is 572. The van der Waals surface area contributed by atoms with Crippen LogP contribution >= 0.6 is 0 Å². The van der Waals surface area contributed by atoms with Gasteiger partial charge < -0.3 is 9.80 Å². The molecule has 2 atom stereocenters. The Hall–Kier alpha value is -2.06. The Morgan fingerprint density at radius 1 is 1.41 bits per heavy atom. The molecule has 0 saturated carbocycles. The van der Waals surface area contributed by atoms with E-state index in [1.54, 1.807) is 0 Å². The maximum absolute atomic E-state index is 13.0. The number of halogens is 3. The zero-order valence-corrected chi connectivity index (χ0v) is 11.6. The van der Waals surface area contributed by atoms with Crippen molar-refractivity contribution in [1.29, 1.82) is 0 Å². The van der Waals surface area contributed by atoms with E-state index in [4.69, 9.17) is 0 Å². The van der Waals surface area contributed by atoms with E-state index in [0.717, 1.165) is 4.90 Å². The van der Waals surface area contributed by atoms with Gasteiger partial charge in [-0.1, -0.05) is 0 Å². The van der Waals surface area contributed by atoms with E-state index in [1.807, 2.05) is 0 Å². The van der Waals surface area contributed by atoms with Gasteiger partial charge in [-0.15, -0.1) is 0 Å². The number of alkyl halides is 3. The van der Waals surface area contributed by atoms with Gasteiger partial charge in [0.25, 0.3) is 0 Å². The number of likely N-dealkylation sites (tertiary alicyclic amines) is 1. The number of hydrogen-bond donors (Lipinski definition) is 1. The van der Waals surface area contributed by atoms with Gasteiger partial charge >= 0.3 is 6.18 Å². The minimum atomic E-state index is -4.42. The highest BCUT2D eigenvalue weighted by Gasteiger charge is 2.50. The Kier molecular flexibility index (Phi) is 3.57. The molecule has 2 saturated heterocycles. The molecule has 1 aromatic heterocycles. The van der Waals surface area contributed by atoms with Gasteiger partial charge in [0, 0.05) is 25.7 Å². The number of carbonyl (C=O) groups is 2. The van der Waals surface area contributed by atoms with Crippen LogP contribution in [0.2, 0.25) is 0 Å². The van der Waals surface area contributed by atoms with Crippen LogP contribution in [-0.4, -0.2) is 52.2 Å². The number of nitrogens with zero attached hydrogens (tertiary/aromatic N) is 3. The van der Waals surface area contributed by atoms with Crippen molar-refractivity contribution < 1.29 is 22.8 Å². The quantitative estimate of drug-likeness (QED) is 0.894. The zero-order chi connectivity index (χ0) is 15.9. The highest BCUT2D eigenvalue weighted by molar-refractivity contribution is 6.00. The molecule has 0 aromatic carbocycles. The second kappa shape index (κ2) is 5.29. The van der Waals surface area contributed by atoms with Crippen molar-refractivity contribution in [2.45, 2.75) is 31.5 Å². The Morgan fingerprint density at radius 2 is 2.18 bits per heavy atom. The highest BCUT2D eigenvalue weighted by Crippen LogP contribution is 2.35. The fraction of sp³-hybridized carbons (Fsp3) is 0.615. The number of anilines is 1. The molecular formula is C13H15F3N4O2. The van der Waals surface area contributed by atoms with Crippen LogP contribution in [0.4, 0.5) is 18.9 Å². The van der Waals surface area contributed by atoms with Crippen molar-refractivity contribution in [3.05, 3.63) is 12.4 Å². The van der Waals surface area contributed by atoms with Gasteiger partial charge in [-0.05, 0) is 12.8 Å². The molecule has 6 nitrogen and oxygen atoms in total. The van der Waals surface area contributed by atoms with Gasteiger partial charge in [-0.25, -0.2) is 0 Å². The van der Waals surface area contributed by atoms with E-state index in [-0.39, 0.29) is 31.8 Å².